The van der Waals surface area contributed by atoms with E-state index >= 15 is 0 Å². The molecule has 0 saturated carbocycles. The first-order valence-corrected chi connectivity index (χ1v) is 6.40. The third-order valence-electron chi connectivity index (χ3n) is 3.09. The lowest BCUT2D eigenvalue weighted by molar-refractivity contribution is 0.112. The fourth-order valence-corrected chi connectivity index (χ4v) is 2.09. The molecule has 0 aliphatic carbocycles. The van der Waals surface area contributed by atoms with Crippen LogP contribution in [0.3, 0.4) is 0 Å². The smallest absolute Gasteiger partial charge is 0.150 e. The first kappa shape index (κ1) is 13.3. The van der Waals surface area contributed by atoms with Gasteiger partial charge in [0.1, 0.15) is 17.9 Å². The number of aldehydes is 1. The van der Waals surface area contributed by atoms with E-state index in [2.05, 4.69) is 16.5 Å². The fraction of sp³-hybridized carbons (Fsp3) is 0.333. The van der Waals surface area contributed by atoms with E-state index in [-0.39, 0.29) is 0 Å². The highest BCUT2D eigenvalue weighted by atomic mass is 16.5. The molecule has 1 aromatic heterocycles. The molecule has 4 heteroatoms. The molecule has 0 bridgehead atoms. The highest BCUT2D eigenvalue weighted by Gasteiger charge is 2.08. The molecule has 19 heavy (non-hydrogen) atoms. The van der Waals surface area contributed by atoms with Gasteiger partial charge in [0.05, 0.1) is 7.11 Å². The lowest BCUT2D eigenvalue weighted by Gasteiger charge is -2.09. The van der Waals surface area contributed by atoms with Gasteiger partial charge in [-0.15, -0.1) is 0 Å². The van der Waals surface area contributed by atoms with Crippen LogP contribution in [0, 0.1) is 0 Å². The van der Waals surface area contributed by atoms with Crippen LogP contribution in [0.4, 0.5) is 0 Å². The number of carbonyl (C=O) groups is 1. The van der Waals surface area contributed by atoms with Crippen LogP contribution in [0.25, 0.3) is 0 Å². The summed E-state index contributed by atoms with van der Waals surface area (Å²) in [6.45, 7) is 3.08. The quantitative estimate of drug-likeness (QED) is 0.748. The van der Waals surface area contributed by atoms with Crippen molar-refractivity contribution in [3.63, 3.8) is 0 Å². The van der Waals surface area contributed by atoms with Gasteiger partial charge in [-0.1, -0.05) is 13.0 Å². The number of benzene rings is 1. The Kier molecular flexibility index (Phi) is 4.34. The van der Waals surface area contributed by atoms with E-state index in [9.17, 15) is 4.79 Å². The third-order valence-corrected chi connectivity index (χ3v) is 3.09. The average molecular weight is 258 g/mol. The van der Waals surface area contributed by atoms with Crippen molar-refractivity contribution >= 4 is 6.29 Å². The van der Waals surface area contributed by atoms with Crippen molar-refractivity contribution in [3.8, 4) is 5.75 Å². The molecule has 0 saturated heterocycles. The van der Waals surface area contributed by atoms with Crippen LogP contribution in [0.5, 0.6) is 5.75 Å². The third kappa shape index (κ3) is 3.02. The zero-order valence-electron chi connectivity index (χ0n) is 11.3. The summed E-state index contributed by atoms with van der Waals surface area (Å²) in [5, 5.41) is 0. The number of nitrogens with zero attached hydrogens (tertiary/aromatic N) is 2. The van der Waals surface area contributed by atoms with Crippen molar-refractivity contribution in [1.29, 1.82) is 0 Å². The highest BCUT2D eigenvalue weighted by Crippen LogP contribution is 2.19. The minimum absolute atomic E-state index is 0.658. The number of ether oxygens (including phenoxy) is 1. The van der Waals surface area contributed by atoms with Crippen LogP contribution < -0.4 is 4.74 Å². The monoisotopic (exact) mass is 258 g/mol. The number of hydrogen-bond donors (Lipinski definition) is 0. The molecule has 0 aliphatic heterocycles. The Bertz CT molecular complexity index is 561. The molecule has 2 aromatic rings. The van der Waals surface area contributed by atoms with Crippen molar-refractivity contribution in [2.45, 2.75) is 26.3 Å². The Morgan fingerprint density at radius 2 is 2.26 bits per heavy atom. The van der Waals surface area contributed by atoms with Crippen LogP contribution in [-0.2, 0) is 13.0 Å². The number of rotatable bonds is 6. The Hall–Kier alpha value is -2.10. The SMILES string of the molecule is CCCn1ccnc1Cc1ccc(OC)cc1C=O. The summed E-state index contributed by atoms with van der Waals surface area (Å²) in [7, 11) is 1.59. The normalized spacial score (nSPS) is 10.4. The minimum atomic E-state index is 0.658. The van der Waals surface area contributed by atoms with Crippen molar-refractivity contribution in [1.82, 2.24) is 9.55 Å². The topological polar surface area (TPSA) is 44.1 Å². The van der Waals surface area contributed by atoms with Gasteiger partial charge in [0, 0.05) is 30.9 Å². The van der Waals surface area contributed by atoms with Gasteiger partial charge in [-0.3, -0.25) is 4.79 Å². The summed E-state index contributed by atoms with van der Waals surface area (Å²) < 4.78 is 7.25. The number of hydrogen-bond acceptors (Lipinski definition) is 3. The molecule has 0 aliphatic rings. The van der Waals surface area contributed by atoms with Crippen molar-refractivity contribution in [2.24, 2.45) is 0 Å². The number of aromatic nitrogens is 2. The first-order chi connectivity index (χ1) is 9.28. The molecule has 0 atom stereocenters. The fourth-order valence-electron chi connectivity index (χ4n) is 2.09. The van der Waals surface area contributed by atoms with Gasteiger partial charge in [0.15, 0.2) is 0 Å². The first-order valence-electron chi connectivity index (χ1n) is 6.40. The molecule has 0 spiro atoms. The van der Waals surface area contributed by atoms with Crippen LogP contribution >= 0.6 is 0 Å². The molecule has 0 unspecified atom stereocenters. The van der Waals surface area contributed by atoms with Crippen LogP contribution in [0.15, 0.2) is 30.6 Å². The summed E-state index contributed by atoms with van der Waals surface area (Å²) in [4.78, 5) is 15.5. The second-order valence-electron chi connectivity index (χ2n) is 4.40. The van der Waals surface area contributed by atoms with Gasteiger partial charge in [-0.05, 0) is 24.1 Å². The summed E-state index contributed by atoms with van der Waals surface area (Å²) in [5.41, 5.74) is 1.63. The van der Waals surface area contributed by atoms with Gasteiger partial charge in [-0.25, -0.2) is 4.98 Å². The van der Waals surface area contributed by atoms with Crippen LogP contribution in [0.2, 0.25) is 0 Å². The second-order valence-corrected chi connectivity index (χ2v) is 4.40. The zero-order valence-corrected chi connectivity index (χ0v) is 11.3. The van der Waals surface area contributed by atoms with Gasteiger partial charge in [0.25, 0.3) is 0 Å². The molecular formula is C15H18N2O2. The van der Waals surface area contributed by atoms with E-state index in [1.807, 2.05) is 18.3 Å². The molecule has 0 radical (unpaired) electrons. The Labute approximate surface area is 113 Å². The van der Waals surface area contributed by atoms with Gasteiger partial charge < -0.3 is 9.30 Å². The Morgan fingerprint density at radius 3 is 2.95 bits per heavy atom. The molecule has 100 valence electrons. The van der Waals surface area contributed by atoms with Gasteiger partial charge in [-0.2, -0.15) is 0 Å². The second kappa shape index (κ2) is 6.18. The number of carbonyl (C=O) groups excluding carboxylic acids is 1. The van der Waals surface area contributed by atoms with E-state index in [1.54, 1.807) is 19.4 Å². The van der Waals surface area contributed by atoms with E-state index in [0.29, 0.717) is 17.7 Å². The maximum atomic E-state index is 11.2. The van der Waals surface area contributed by atoms with Gasteiger partial charge in [0.2, 0.25) is 0 Å². The molecule has 0 N–H and O–H groups in total. The largest absolute Gasteiger partial charge is 0.497 e. The lowest BCUT2D eigenvalue weighted by Crippen LogP contribution is -2.05. The summed E-state index contributed by atoms with van der Waals surface area (Å²) >= 11 is 0. The van der Waals surface area contributed by atoms with Crippen molar-refractivity contribution in [3.05, 3.63) is 47.5 Å². The predicted molar refractivity (Wildman–Crippen MR) is 73.7 cm³/mol. The summed E-state index contributed by atoms with van der Waals surface area (Å²) in [6.07, 6.45) is 6.36. The summed E-state index contributed by atoms with van der Waals surface area (Å²) in [6, 6.07) is 5.55. The van der Waals surface area contributed by atoms with Gasteiger partial charge >= 0.3 is 0 Å². The molecular weight excluding hydrogens is 240 g/mol. The Morgan fingerprint density at radius 1 is 1.42 bits per heavy atom. The minimum Gasteiger partial charge on any atom is -0.497 e. The van der Waals surface area contributed by atoms with E-state index < -0.39 is 0 Å². The standard InChI is InChI=1S/C15H18N2O2/c1-3-7-17-8-6-16-15(17)10-12-4-5-14(19-2)9-13(12)11-18/h4-6,8-9,11H,3,7,10H2,1-2H3. The predicted octanol–water partition coefficient (Wildman–Crippen LogP) is 2.71. The molecule has 0 amide bonds. The lowest BCUT2D eigenvalue weighted by atomic mass is 10.0. The number of aryl methyl sites for hydroxylation is 1. The van der Waals surface area contributed by atoms with E-state index in [0.717, 1.165) is 30.6 Å². The van der Waals surface area contributed by atoms with Crippen LogP contribution in [-0.4, -0.2) is 22.9 Å². The molecule has 1 heterocycles. The highest BCUT2D eigenvalue weighted by molar-refractivity contribution is 5.78. The summed E-state index contributed by atoms with van der Waals surface area (Å²) in [5.74, 6) is 1.68. The molecule has 2 rings (SSSR count). The number of imidazole rings is 1. The van der Waals surface area contributed by atoms with Crippen LogP contribution in [0.1, 0.15) is 35.1 Å². The average Bonchev–Trinajstić information content (AvgIpc) is 2.87. The number of methoxy groups -OCH3 is 1. The van der Waals surface area contributed by atoms with E-state index in [1.165, 1.54) is 0 Å². The molecule has 0 fully saturated rings. The maximum absolute atomic E-state index is 11.2. The zero-order chi connectivity index (χ0) is 13.7. The maximum Gasteiger partial charge on any atom is 0.150 e. The molecule has 1 aromatic carbocycles. The Balaban J connectivity index is 2.27. The van der Waals surface area contributed by atoms with Crippen molar-refractivity contribution in [2.75, 3.05) is 7.11 Å². The van der Waals surface area contributed by atoms with Crippen molar-refractivity contribution < 1.29 is 9.53 Å². The van der Waals surface area contributed by atoms with E-state index in [4.69, 9.17) is 4.74 Å². The molecule has 4 nitrogen and oxygen atoms in total.